The lowest BCUT2D eigenvalue weighted by Crippen LogP contribution is -2.28. The largest absolute Gasteiger partial charge is 0.387 e. The number of aliphatic hydroxyl groups excluding tert-OH is 1. The van der Waals surface area contributed by atoms with Gasteiger partial charge in [0.2, 0.25) is 0 Å². The van der Waals surface area contributed by atoms with Crippen molar-refractivity contribution in [3.63, 3.8) is 0 Å². The third-order valence-corrected chi connectivity index (χ3v) is 3.76. The average Bonchev–Trinajstić information content (AvgIpc) is 3.11. The first-order valence-electron chi connectivity index (χ1n) is 7.37. The van der Waals surface area contributed by atoms with E-state index < -0.39 is 12.0 Å². The van der Waals surface area contributed by atoms with E-state index in [0.717, 1.165) is 5.56 Å². The van der Waals surface area contributed by atoms with E-state index >= 15 is 0 Å². The topological polar surface area (TPSA) is 75.4 Å². The maximum absolute atomic E-state index is 12.1. The predicted octanol–water partition coefficient (Wildman–Crippen LogP) is 3.46. The smallest absolute Gasteiger partial charge is 0.273 e. The molecule has 6 heteroatoms. The molecule has 1 unspecified atom stereocenters. The summed E-state index contributed by atoms with van der Waals surface area (Å²) in [4.78, 5) is 12.1. The van der Waals surface area contributed by atoms with Crippen molar-refractivity contribution in [3.8, 4) is 11.3 Å². The Kier molecular flexibility index (Phi) is 4.93. The molecule has 2 aromatic carbocycles. The van der Waals surface area contributed by atoms with Gasteiger partial charge in [-0.25, -0.2) is 0 Å². The summed E-state index contributed by atoms with van der Waals surface area (Å²) in [5.74, 6) is 0.105. The van der Waals surface area contributed by atoms with Gasteiger partial charge in [0.1, 0.15) is 0 Å². The van der Waals surface area contributed by atoms with Crippen LogP contribution in [0.15, 0.2) is 65.2 Å². The van der Waals surface area contributed by atoms with E-state index in [1.807, 2.05) is 30.3 Å². The number of hydrogen-bond acceptors (Lipinski definition) is 4. The molecule has 1 amide bonds. The van der Waals surface area contributed by atoms with Crippen LogP contribution < -0.4 is 5.32 Å². The molecule has 0 aliphatic rings. The zero-order valence-corrected chi connectivity index (χ0v) is 13.4. The molecule has 3 aromatic rings. The minimum Gasteiger partial charge on any atom is -0.387 e. The van der Waals surface area contributed by atoms with Gasteiger partial charge >= 0.3 is 0 Å². The van der Waals surface area contributed by atoms with Crippen LogP contribution in [0.2, 0.25) is 5.02 Å². The molecule has 0 bridgehead atoms. The van der Waals surface area contributed by atoms with Gasteiger partial charge in [0.15, 0.2) is 11.5 Å². The highest BCUT2D eigenvalue weighted by Crippen LogP contribution is 2.20. The van der Waals surface area contributed by atoms with Gasteiger partial charge in [-0.3, -0.25) is 4.79 Å². The number of rotatable bonds is 5. The maximum Gasteiger partial charge on any atom is 0.273 e. The summed E-state index contributed by atoms with van der Waals surface area (Å²) in [6.45, 7) is 0.0635. The normalized spacial score (nSPS) is 11.9. The van der Waals surface area contributed by atoms with Crippen molar-refractivity contribution in [3.05, 3.63) is 76.9 Å². The van der Waals surface area contributed by atoms with E-state index in [2.05, 4.69) is 10.5 Å². The Hall–Kier alpha value is -2.63. The second kappa shape index (κ2) is 7.29. The van der Waals surface area contributed by atoms with Crippen molar-refractivity contribution in [2.45, 2.75) is 6.10 Å². The number of carbonyl (C=O) groups is 1. The maximum atomic E-state index is 12.1. The number of nitrogens with zero attached hydrogens (tertiary/aromatic N) is 1. The predicted molar refractivity (Wildman–Crippen MR) is 90.7 cm³/mol. The number of aliphatic hydroxyl groups is 1. The minimum atomic E-state index is -0.827. The number of aromatic nitrogens is 1. The van der Waals surface area contributed by atoms with Gasteiger partial charge in [-0.1, -0.05) is 59.2 Å². The fraction of sp³-hybridized carbons (Fsp3) is 0.111. The summed E-state index contributed by atoms with van der Waals surface area (Å²) in [6, 6.07) is 17.7. The molecule has 122 valence electrons. The van der Waals surface area contributed by atoms with E-state index in [1.165, 1.54) is 0 Å². The first kappa shape index (κ1) is 16.2. The molecule has 1 heterocycles. The van der Waals surface area contributed by atoms with Crippen molar-refractivity contribution < 1.29 is 14.4 Å². The molecular weight excluding hydrogens is 328 g/mol. The molecule has 0 aliphatic carbocycles. The summed E-state index contributed by atoms with van der Waals surface area (Å²) in [6.07, 6.45) is -0.827. The van der Waals surface area contributed by atoms with Crippen molar-refractivity contribution in [1.29, 1.82) is 0 Å². The third kappa shape index (κ3) is 3.82. The number of carbonyl (C=O) groups excluding carboxylic acids is 1. The fourth-order valence-electron chi connectivity index (χ4n) is 2.20. The number of benzene rings is 2. The standard InChI is InChI=1S/C18H15ClN2O3/c19-14-8-6-12(7-9-14)16(22)11-20-18(23)15-10-17(24-21-15)13-4-2-1-3-5-13/h1-10,16,22H,11H2,(H,20,23). The Balaban J connectivity index is 1.61. The van der Waals surface area contributed by atoms with Crippen molar-refractivity contribution in [2.24, 2.45) is 0 Å². The number of amides is 1. The summed E-state index contributed by atoms with van der Waals surface area (Å²) < 4.78 is 5.19. The van der Waals surface area contributed by atoms with Crippen LogP contribution in [-0.4, -0.2) is 22.7 Å². The van der Waals surface area contributed by atoms with E-state index in [1.54, 1.807) is 30.3 Å². The van der Waals surface area contributed by atoms with Crippen molar-refractivity contribution >= 4 is 17.5 Å². The zero-order chi connectivity index (χ0) is 16.9. The zero-order valence-electron chi connectivity index (χ0n) is 12.6. The summed E-state index contributed by atoms with van der Waals surface area (Å²) in [5.41, 5.74) is 1.67. The van der Waals surface area contributed by atoms with E-state index in [4.69, 9.17) is 16.1 Å². The third-order valence-electron chi connectivity index (χ3n) is 3.51. The van der Waals surface area contributed by atoms with Crippen LogP contribution in [0, 0.1) is 0 Å². The molecule has 24 heavy (non-hydrogen) atoms. The van der Waals surface area contributed by atoms with Gasteiger partial charge in [0, 0.05) is 23.2 Å². The van der Waals surface area contributed by atoms with Gasteiger partial charge in [-0.05, 0) is 17.7 Å². The lowest BCUT2D eigenvalue weighted by molar-refractivity contribution is 0.0907. The van der Waals surface area contributed by atoms with Gasteiger partial charge < -0.3 is 14.9 Å². The fourth-order valence-corrected chi connectivity index (χ4v) is 2.33. The number of hydrogen-bond donors (Lipinski definition) is 2. The lowest BCUT2D eigenvalue weighted by atomic mass is 10.1. The molecule has 1 aromatic heterocycles. The van der Waals surface area contributed by atoms with Crippen molar-refractivity contribution in [1.82, 2.24) is 10.5 Å². The van der Waals surface area contributed by atoms with Crippen LogP contribution in [0.4, 0.5) is 0 Å². The first-order chi connectivity index (χ1) is 11.6. The molecule has 3 rings (SSSR count). The van der Waals surface area contributed by atoms with E-state index in [0.29, 0.717) is 16.3 Å². The summed E-state index contributed by atoms with van der Waals surface area (Å²) >= 11 is 5.81. The minimum absolute atomic E-state index is 0.0635. The summed E-state index contributed by atoms with van der Waals surface area (Å²) in [5, 5.41) is 17.1. The van der Waals surface area contributed by atoms with Crippen LogP contribution in [0.5, 0.6) is 0 Å². The number of nitrogens with one attached hydrogen (secondary N) is 1. The summed E-state index contributed by atoms with van der Waals surface area (Å²) in [7, 11) is 0. The quantitative estimate of drug-likeness (QED) is 0.744. The Morgan fingerprint density at radius 1 is 1.17 bits per heavy atom. The average molecular weight is 343 g/mol. The van der Waals surface area contributed by atoms with Gasteiger partial charge in [0.25, 0.3) is 5.91 Å². The SMILES string of the molecule is O=C(NCC(O)c1ccc(Cl)cc1)c1cc(-c2ccccc2)on1. The van der Waals surface area contributed by atoms with Crippen LogP contribution in [0.3, 0.4) is 0 Å². The highest BCUT2D eigenvalue weighted by molar-refractivity contribution is 6.30. The van der Waals surface area contributed by atoms with E-state index in [-0.39, 0.29) is 12.2 Å². The molecule has 0 saturated heterocycles. The second-order valence-electron chi connectivity index (χ2n) is 5.22. The monoisotopic (exact) mass is 342 g/mol. The van der Waals surface area contributed by atoms with Crippen molar-refractivity contribution in [2.75, 3.05) is 6.54 Å². The van der Waals surface area contributed by atoms with Crippen LogP contribution >= 0.6 is 11.6 Å². The molecule has 0 radical (unpaired) electrons. The molecule has 0 saturated carbocycles. The van der Waals surface area contributed by atoms with Gasteiger partial charge in [-0.2, -0.15) is 0 Å². The Morgan fingerprint density at radius 2 is 1.88 bits per heavy atom. The van der Waals surface area contributed by atoms with Gasteiger partial charge in [-0.15, -0.1) is 0 Å². The molecule has 0 spiro atoms. The molecule has 0 fully saturated rings. The molecule has 1 atom stereocenters. The first-order valence-corrected chi connectivity index (χ1v) is 7.75. The Bertz CT molecular complexity index is 816. The van der Waals surface area contributed by atoms with Gasteiger partial charge in [0.05, 0.1) is 6.10 Å². The van der Waals surface area contributed by atoms with Crippen LogP contribution in [0.25, 0.3) is 11.3 Å². The molecule has 0 aliphatic heterocycles. The molecular formula is C18H15ClN2O3. The molecule has 5 nitrogen and oxygen atoms in total. The number of halogens is 1. The highest BCUT2D eigenvalue weighted by atomic mass is 35.5. The lowest BCUT2D eigenvalue weighted by Gasteiger charge is -2.11. The molecule has 2 N–H and O–H groups in total. The van der Waals surface area contributed by atoms with E-state index in [9.17, 15) is 9.90 Å². The van der Waals surface area contributed by atoms with Crippen LogP contribution in [-0.2, 0) is 0 Å². The van der Waals surface area contributed by atoms with Crippen LogP contribution in [0.1, 0.15) is 22.2 Å². The Labute approximate surface area is 143 Å². The Morgan fingerprint density at radius 3 is 2.58 bits per heavy atom. The highest BCUT2D eigenvalue weighted by Gasteiger charge is 2.15. The second-order valence-corrected chi connectivity index (χ2v) is 5.66.